The van der Waals surface area contributed by atoms with Crippen molar-refractivity contribution >= 4 is 0 Å². The molecular weight excluding hydrogens is 266 g/mol. The Kier molecular flexibility index (Phi) is 5.83. The topological polar surface area (TPSA) is 23.8 Å². The van der Waals surface area contributed by atoms with Crippen LogP contribution in [0.25, 0.3) is 0 Å². The van der Waals surface area contributed by atoms with Crippen molar-refractivity contribution < 1.29 is 0 Å². The average molecular weight is 302 g/mol. The fourth-order valence-corrected chi connectivity index (χ4v) is 5.88. The van der Waals surface area contributed by atoms with Crippen molar-refractivity contribution in [3.8, 4) is 6.07 Å². The largest absolute Gasteiger partial charge is 0.198 e. The van der Waals surface area contributed by atoms with E-state index in [9.17, 15) is 0 Å². The van der Waals surface area contributed by atoms with Crippen LogP contribution in [0.15, 0.2) is 0 Å². The Morgan fingerprint density at radius 2 is 1.00 bits per heavy atom. The highest BCUT2D eigenvalue weighted by atomic mass is 14.4. The third kappa shape index (κ3) is 3.87. The van der Waals surface area contributed by atoms with Gasteiger partial charge in [0.1, 0.15) is 0 Å². The number of hydrogen-bond donors (Lipinski definition) is 0. The van der Waals surface area contributed by atoms with Crippen LogP contribution < -0.4 is 0 Å². The number of nitriles is 1. The summed E-state index contributed by atoms with van der Waals surface area (Å²) in [6.45, 7) is 2.37. The molecule has 1 heteroatoms. The van der Waals surface area contributed by atoms with E-state index in [1.807, 2.05) is 0 Å². The molecular formula is C21H35N. The van der Waals surface area contributed by atoms with Crippen molar-refractivity contribution in [3.63, 3.8) is 0 Å². The van der Waals surface area contributed by atoms with Crippen LogP contribution in [0.4, 0.5) is 0 Å². The molecule has 0 amide bonds. The molecule has 0 radical (unpaired) electrons. The van der Waals surface area contributed by atoms with E-state index in [1.54, 1.807) is 0 Å². The summed E-state index contributed by atoms with van der Waals surface area (Å²) in [6, 6.07) is 2.49. The van der Waals surface area contributed by atoms with Crippen molar-refractivity contribution in [3.05, 3.63) is 0 Å². The van der Waals surface area contributed by atoms with Gasteiger partial charge in [0.05, 0.1) is 6.07 Å². The average Bonchev–Trinajstić information content (AvgIpc) is 2.62. The van der Waals surface area contributed by atoms with Crippen molar-refractivity contribution in [2.75, 3.05) is 0 Å². The van der Waals surface area contributed by atoms with Crippen LogP contribution >= 0.6 is 0 Å². The van der Waals surface area contributed by atoms with E-state index in [0.29, 0.717) is 5.92 Å². The van der Waals surface area contributed by atoms with E-state index in [2.05, 4.69) is 13.0 Å². The molecule has 0 heterocycles. The van der Waals surface area contributed by atoms with Crippen LogP contribution in [0, 0.1) is 46.8 Å². The maximum absolute atomic E-state index is 9.05. The molecule has 0 saturated heterocycles. The molecule has 0 unspecified atom stereocenters. The predicted molar refractivity (Wildman–Crippen MR) is 92.2 cm³/mol. The van der Waals surface area contributed by atoms with E-state index in [-0.39, 0.29) is 0 Å². The second kappa shape index (κ2) is 7.85. The normalized spacial score (nSPS) is 43.5. The predicted octanol–water partition coefficient (Wildman–Crippen LogP) is 6.34. The molecule has 3 aliphatic carbocycles. The highest BCUT2D eigenvalue weighted by molar-refractivity contribution is 4.90. The van der Waals surface area contributed by atoms with Crippen LogP contribution in [0.3, 0.4) is 0 Å². The number of nitrogens with zero attached hydrogens (tertiary/aromatic N) is 1. The zero-order chi connectivity index (χ0) is 15.4. The SMILES string of the molecule is CCC1CCC(C2CCC(C3CCC(C#N)CC3)CC2)CC1. The van der Waals surface area contributed by atoms with Gasteiger partial charge >= 0.3 is 0 Å². The summed E-state index contributed by atoms with van der Waals surface area (Å²) in [5, 5.41) is 9.05. The first-order chi connectivity index (χ1) is 10.8. The summed E-state index contributed by atoms with van der Waals surface area (Å²) >= 11 is 0. The minimum absolute atomic E-state index is 0.376. The number of rotatable bonds is 3. The second-order valence-electron chi connectivity index (χ2n) is 8.60. The maximum Gasteiger partial charge on any atom is 0.0655 e. The van der Waals surface area contributed by atoms with Crippen molar-refractivity contribution in [1.82, 2.24) is 0 Å². The van der Waals surface area contributed by atoms with Gasteiger partial charge in [-0.1, -0.05) is 26.2 Å². The lowest BCUT2D eigenvalue weighted by Gasteiger charge is -2.41. The molecule has 0 N–H and O–H groups in total. The molecule has 1 nitrogen and oxygen atoms in total. The molecule has 0 aromatic carbocycles. The lowest BCUT2D eigenvalue weighted by atomic mass is 9.65. The fourth-order valence-electron chi connectivity index (χ4n) is 5.88. The summed E-state index contributed by atoms with van der Waals surface area (Å²) in [5.74, 6) is 5.51. The highest BCUT2D eigenvalue weighted by Gasteiger charge is 2.34. The van der Waals surface area contributed by atoms with E-state index in [4.69, 9.17) is 5.26 Å². The molecule has 3 aliphatic rings. The van der Waals surface area contributed by atoms with Gasteiger partial charge in [0, 0.05) is 5.92 Å². The first-order valence-corrected chi connectivity index (χ1v) is 10.2. The molecule has 0 atom stereocenters. The van der Waals surface area contributed by atoms with E-state index in [1.165, 1.54) is 83.5 Å². The Bertz CT molecular complexity index is 358. The van der Waals surface area contributed by atoms with Gasteiger partial charge in [-0.05, 0) is 93.8 Å². The minimum atomic E-state index is 0.376. The van der Waals surface area contributed by atoms with Gasteiger partial charge in [-0.2, -0.15) is 5.26 Å². The van der Waals surface area contributed by atoms with E-state index in [0.717, 1.165) is 29.6 Å². The molecule has 124 valence electrons. The van der Waals surface area contributed by atoms with Gasteiger partial charge < -0.3 is 0 Å². The third-order valence-electron chi connectivity index (χ3n) is 7.57. The lowest BCUT2D eigenvalue weighted by Crippen LogP contribution is -2.29. The van der Waals surface area contributed by atoms with Crippen LogP contribution in [-0.4, -0.2) is 0 Å². The van der Waals surface area contributed by atoms with Gasteiger partial charge in [-0.25, -0.2) is 0 Å². The lowest BCUT2D eigenvalue weighted by molar-refractivity contribution is 0.108. The highest BCUT2D eigenvalue weighted by Crippen LogP contribution is 2.46. The zero-order valence-electron chi connectivity index (χ0n) is 14.6. The summed E-state index contributed by atoms with van der Waals surface area (Å²) in [6.07, 6.45) is 18.6. The van der Waals surface area contributed by atoms with Gasteiger partial charge in [0.25, 0.3) is 0 Å². The second-order valence-corrected chi connectivity index (χ2v) is 8.60. The first-order valence-electron chi connectivity index (χ1n) is 10.2. The van der Waals surface area contributed by atoms with Crippen molar-refractivity contribution in [2.24, 2.45) is 35.5 Å². The first kappa shape index (κ1) is 16.4. The standard InChI is InChI=1S/C21H35N/c1-2-16-3-7-18(8-4-16)20-11-13-21(14-12-20)19-9-5-17(15-22)6-10-19/h16-21H,2-14H2,1H3. The van der Waals surface area contributed by atoms with Crippen LogP contribution in [-0.2, 0) is 0 Å². The van der Waals surface area contributed by atoms with Crippen molar-refractivity contribution in [2.45, 2.75) is 90.4 Å². The molecule has 3 saturated carbocycles. The molecule has 22 heavy (non-hydrogen) atoms. The molecule has 0 aliphatic heterocycles. The summed E-state index contributed by atoms with van der Waals surface area (Å²) < 4.78 is 0. The maximum atomic E-state index is 9.05. The summed E-state index contributed by atoms with van der Waals surface area (Å²) in [4.78, 5) is 0. The molecule has 0 aromatic rings. The van der Waals surface area contributed by atoms with Gasteiger partial charge in [-0.15, -0.1) is 0 Å². The van der Waals surface area contributed by atoms with Gasteiger partial charge in [0.15, 0.2) is 0 Å². The van der Waals surface area contributed by atoms with Crippen LogP contribution in [0.5, 0.6) is 0 Å². The molecule has 3 rings (SSSR count). The van der Waals surface area contributed by atoms with E-state index >= 15 is 0 Å². The minimum Gasteiger partial charge on any atom is -0.198 e. The molecule has 3 fully saturated rings. The number of hydrogen-bond acceptors (Lipinski definition) is 1. The summed E-state index contributed by atoms with van der Waals surface area (Å²) in [7, 11) is 0. The Hall–Kier alpha value is -0.510. The summed E-state index contributed by atoms with van der Waals surface area (Å²) in [5.41, 5.74) is 0. The van der Waals surface area contributed by atoms with Crippen LogP contribution in [0.2, 0.25) is 0 Å². The van der Waals surface area contributed by atoms with Crippen LogP contribution in [0.1, 0.15) is 90.4 Å². The molecule has 0 aromatic heterocycles. The Balaban J connectivity index is 1.40. The fraction of sp³-hybridized carbons (Fsp3) is 0.952. The Labute approximate surface area is 137 Å². The third-order valence-corrected chi connectivity index (χ3v) is 7.57. The van der Waals surface area contributed by atoms with Gasteiger partial charge in [0.2, 0.25) is 0 Å². The molecule has 0 bridgehead atoms. The molecule has 0 spiro atoms. The van der Waals surface area contributed by atoms with Crippen molar-refractivity contribution in [1.29, 1.82) is 5.26 Å². The monoisotopic (exact) mass is 301 g/mol. The Morgan fingerprint density at radius 3 is 1.36 bits per heavy atom. The van der Waals surface area contributed by atoms with E-state index < -0.39 is 0 Å². The van der Waals surface area contributed by atoms with Gasteiger partial charge in [-0.3, -0.25) is 0 Å². The Morgan fingerprint density at radius 1 is 0.636 bits per heavy atom. The zero-order valence-corrected chi connectivity index (χ0v) is 14.6. The quantitative estimate of drug-likeness (QED) is 0.596. The smallest absolute Gasteiger partial charge is 0.0655 e.